The number of benzene rings is 1. The molecule has 148 valence electrons. The average Bonchev–Trinajstić information content (AvgIpc) is 2.70. The third kappa shape index (κ3) is 3.70. The van der Waals surface area contributed by atoms with E-state index in [1.165, 1.54) is 11.8 Å². The van der Waals surface area contributed by atoms with Crippen LogP contribution in [0.4, 0.5) is 30.2 Å². The van der Waals surface area contributed by atoms with Crippen LogP contribution in [0, 0.1) is 5.41 Å². The van der Waals surface area contributed by atoms with Gasteiger partial charge < -0.3 is 15.4 Å². The Morgan fingerprint density at radius 1 is 1.21 bits per heavy atom. The van der Waals surface area contributed by atoms with Gasteiger partial charge in [0.15, 0.2) is 0 Å². The first kappa shape index (κ1) is 19.1. The summed E-state index contributed by atoms with van der Waals surface area (Å²) in [4.78, 5) is 17.0. The van der Waals surface area contributed by atoms with Crippen LogP contribution in [0.25, 0.3) is 0 Å². The molecule has 1 aliphatic carbocycles. The third-order valence-electron chi connectivity index (χ3n) is 5.42. The maximum atomic E-state index is 13.4. The Morgan fingerprint density at radius 3 is 2.71 bits per heavy atom. The second-order valence-corrected chi connectivity index (χ2v) is 8.47. The van der Waals surface area contributed by atoms with Gasteiger partial charge in [-0.3, -0.25) is 4.98 Å². The molecule has 2 aliphatic rings. The molecule has 2 heterocycles. The van der Waals surface area contributed by atoms with Crippen LogP contribution < -0.4 is 10.6 Å². The summed E-state index contributed by atoms with van der Waals surface area (Å²) in [5.74, 6) is 0. The first-order valence-corrected chi connectivity index (χ1v) is 10.1. The summed E-state index contributed by atoms with van der Waals surface area (Å²) >= 11 is 1.26. The number of hydrogen-bond acceptors (Lipinski definition) is 5. The number of fused-ring (bicyclic) bond motifs is 2. The van der Waals surface area contributed by atoms with Crippen molar-refractivity contribution >= 4 is 35.1 Å². The summed E-state index contributed by atoms with van der Waals surface area (Å²) in [6.45, 7) is 0.333. The molecule has 0 radical (unpaired) electrons. The molecule has 2 N–H and O–H groups in total. The minimum absolute atomic E-state index is 0.333. The fraction of sp³-hybridized carbons (Fsp3) is 0.400. The van der Waals surface area contributed by atoms with Gasteiger partial charge in [-0.25, -0.2) is 0 Å². The highest BCUT2D eigenvalue weighted by molar-refractivity contribution is 7.99. The standard InChI is InChI=1S/C20H20F3N3OS/c21-20(22,23)13-8-15(25-11-19(12-27)5-2-1-3-6-19)18-16(9-13)28-17-10-24-7-4-14(17)26-18/h4,7-10,12,25-26H,1-3,5-6,11H2. The van der Waals surface area contributed by atoms with Gasteiger partial charge in [-0.1, -0.05) is 31.0 Å². The highest BCUT2D eigenvalue weighted by Crippen LogP contribution is 2.49. The summed E-state index contributed by atoms with van der Waals surface area (Å²) in [7, 11) is 0. The summed E-state index contributed by atoms with van der Waals surface area (Å²) in [6.07, 6.45) is 4.35. The van der Waals surface area contributed by atoms with Crippen LogP contribution in [-0.4, -0.2) is 17.8 Å². The molecule has 8 heteroatoms. The molecule has 4 rings (SSSR count). The van der Waals surface area contributed by atoms with E-state index in [-0.39, 0.29) is 0 Å². The van der Waals surface area contributed by atoms with Crippen molar-refractivity contribution in [2.75, 3.05) is 17.2 Å². The number of aromatic nitrogens is 1. The van der Waals surface area contributed by atoms with Crippen molar-refractivity contribution < 1.29 is 18.0 Å². The first-order valence-electron chi connectivity index (χ1n) is 9.25. The molecule has 0 spiro atoms. The van der Waals surface area contributed by atoms with E-state index in [2.05, 4.69) is 15.6 Å². The fourth-order valence-electron chi connectivity index (χ4n) is 3.81. The summed E-state index contributed by atoms with van der Waals surface area (Å²) in [5, 5.41) is 6.38. The van der Waals surface area contributed by atoms with Crippen molar-refractivity contribution in [1.29, 1.82) is 0 Å². The van der Waals surface area contributed by atoms with Crippen molar-refractivity contribution in [2.24, 2.45) is 5.41 Å². The average molecular weight is 407 g/mol. The number of carbonyl (C=O) groups is 1. The van der Waals surface area contributed by atoms with Crippen LogP contribution in [0.1, 0.15) is 37.7 Å². The lowest BCUT2D eigenvalue weighted by molar-refractivity contribution is -0.137. The van der Waals surface area contributed by atoms with Gasteiger partial charge >= 0.3 is 6.18 Å². The van der Waals surface area contributed by atoms with E-state index >= 15 is 0 Å². The molecule has 28 heavy (non-hydrogen) atoms. The normalized spacial score (nSPS) is 17.8. The largest absolute Gasteiger partial charge is 0.416 e. The smallest absolute Gasteiger partial charge is 0.382 e. The molecule has 0 bridgehead atoms. The summed E-state index contributed by atoms with van der Waals surface area (Å²) < 4.78 is 40.3. The van der Waals surface area contributed by atoms with Gasteiger partial charge in [0.1, 0.15) is 6.29 Å². The van der Waals surface area contributed by atoms with Gasteiger partial charge in [-0.2, -0.15) is 13.2 Å². The van der Waals surface area contributed by atoms with Gasteiger partial charge in [0.05, 0.1) is 27.5 Å². The topological polar surface area (TPSA) is 54.0 Å². The number of nitrogens with zero attached hydrogens (tertiary/aromatic N) is 1. The van der Waals surface area contributed by atoms with Gasteiger partial charge in [0.2, 0.25) is 0 Å². The molecule has 0 saturated heterocycles. The molecule has 2 aromatic rings. The van der Waals surface area contributed by atoms with Crippen LogP contribution in [0.2, 0.25) is 0 Å². The van der Waals surface area contributed by atoms with Crippen LogP contribution in [0.5, 0.6) is 0 Å². The maximum absolute atomic E-state index is 13.4. The van der Waals surface area contributed by atoms with E-state index in [9.17, 15) is 18.0 Å². The van der Waals surface area contributed by atoms with Gasteiger partial charge in [0, 0.05) is 29.2 Å². The molecule has 0 amide bonds. The number of hydrogen-bond donors (Lipinski definition) is 2. The number of anilines is 3. The Balaban J connectivity index is 1.69. The first-order chi connectivity index (χ1) is 13.4. The number of aldehydes is 1. The molecule has 0 unspecified atom stereocenters. The highest BCUT2D eigenvalue weighted by Gasteiger charge is 2.35. The molecule has 1 fully saturated rings. The summed E-state index contributed by atoms with van der Waals surface area (Å²) in [5.41, 5.74) is 0.556. The lowest BCUT2D eigenvalue weighted by atomic mass is 9.75. The zero-order chi connectivity index (χ0) is 19.8. The number of nitrogens with one attached hydrogen (secondary N) is 2. The Kier molecular flexibility index (Phi) is 4.99. The predicted octanol–water partition coefficient (Wildman–Crippen LogP) is 5.87. The zero-order valence-corrected chi connectivity index (χ0v) is 15.9. The number of alkyl halides is 3. The minimum Gasteiger partial charge on any atom is -0.382 e. The highest BCUT2D eigenvalue weighted by atomic mass is 32.2. The second kappa shape index (κ2) is 7.31. The molecule has 0 atom stereocenters. The van der Waals surface area contributed by atoms with Gasteiger partial charge in [-0.15, -0.1) is 0 Å². The van der Waals surface area contributed by atoms with Gasteiger partial charge in [-0.05, 0) is 31.0 Å². The molecular formula is C20H20F3N3OS. The van der Waals surface area contributed by atoms with Crippen LogP contribution in [0.15, 0.2) is 40.4 Å². The zero-order valence-electron chi connectivity index (χ0n) is 15.1. The van der Waals surface area contributed by atoms with Crippen LogP contribution >= 0.6 is 11.8 Å². The number of carbonyl (C=O) groups excluding carboxylic acids is 1. The molecule has 1 saturated carbocycles. The molecular weight excluding hydrogens is 387 g/mol. The molecule has 1 aromatic carbocycles. The Labute approximate surface area is 165 Å². The van der Waals surface area contributed by atoms with Crippen molar-refractivity contribution in [3.8, 4) is 0 Å². The van der Waals surface area contributed by atoms with E-state index < -0.39 is 17.2 Å². The Hall–Kier alpha value is -2.22. The number of pyridine rings is 1. The molecule has 4 nitrogen and oxygen atoms in total. The lowest BCUT2D eigenvalue weighted by Gasteiger charge is -2.33. The third-order valence-corrected chi connectivity index (χ3v) is 6.51. The van der Waals surface area contributed by atoms with E-state index in [0.29, 0.717) is 22.8 Å². The Bertz CT molecular complexity index is 895. The summed E-state index contributed by atoms with van der Waals surface area (Å²) in [6, 6.07) is 4.07. The van der Waals surface area contributed by atoms with Crippen LogP contribution in [-0.2, 0) is 11.0 Å². The van der Waals surface area contributed by atoms with E-state index in [0.717, 1.165) is 61.1 Å². The van der Waals surface area contributed by atoms with Gasteiger partial charge in [0.25, 0.3) is 0 Å². The molecule has 1 aliphatic heterocycles. The number of rotatable bonds is 4. The number of halogens is 3. The minimum atomic E-state index is -4.45. The van der Waals surface area contributed by atoms with Crippen molar-refractivity contribution in [3.05, 3.63) is 36.2 Å². The predicted molar refractivity (Wildman–Crippen MR) is 103 cm³/mol. The van der Waals surface area contributed by atoms with Crippen molar-refractivity contribution in [1.82, 2.24) is 4.98 Å². The quantitative estimate of drug-likeness (QED) is 0.530. The Morgan fingerprint density at radius 2 is 2.00 bits per heavy atom. The van der Waals surface area contributed by atoms with E-state index in [1.54, 1.807) is 18.5 Å². The van der Waals surface area contributed by atoms with E-state index in [4.69, 9.17) is 0 Å². The lowest BCUT2D eigenvalue weighted by Crippen LogP contribution is -2.33. The van der Waals surface area contributed by atoms with Crippen molar-refractivity contribution in [2.45, 2.75) is 48.1 Å². The molecule has 1 aromatic heterocycles. The SMILES string of the molecule is O=CC1(CNc2cc(C(F)(F)F)cc3c2Nc2ccncc2S3)CCCCC1. The monoisotopic (exact) mass is 407 g/mol. The van der Waals surface area contributed by atoms with Crippen LogP contribution in [0.3, 0.4) is 0 Å². The van der Waals surface area contributed by atoms with Crippen molar-refractivity contribution in [3.63, 3.8) is 0 Å². The fourth-order valence-corrected chi connectivity index (χ4v) is 4.84. The van der Waals surface area contributed by atoms with E-state index in [1.807, 2.05) is 0 Å². The maximum Gasteiger partial charge on any atom is 0.416 e. The second-order valence-electron chi connectivity index (χ2n) is 7.39.